The standard InChI is InChI=1S/C34H48N6O9S/c1-33(2,3)49-31(44)35-26-16-10-8-6-7-9-15-24-18-34(24,30(43)37-50(46,47)38(4)5)36-28(41)27-17-25(21-40(27)29(26)42)48-32(45)39-19-22-13-11-12-14-23(22)20-39/h9,11-15,24-27H,6-8,10,16-21H2,1-5H3,(H,35,44)(H,36,41)(H,37,43)/b15-9-/t24-,25+,26-,27-,34+/m0/s1. The number of amides is 5. The number of hydrogen-bond donors (Lipinski definition) is 3. The summed E-state index contributed by atoms with van der Waals surface area (Å²) >= 11 is 0. The van der Waals surface area contributed by atoms with Crippen LogP contribution in [0.3, 0.4) is 0 Å². The third kappa shape index (κ3) is 8.57. The van der Waals surface area contributed by atoms with Gasteiger partial charge < -0.3 is 25.0 Å². The molecule has 2 fully saturated rings. The van der Waals surface area contributed by atoms with Crippen molar-refractivity contribution in [2.24, 2.45) is 5.92 Å². The van der Waals surface area contributed by atoms with E-state index < -0.39 is 75.4 Å². The van der Waals surface area contributed by atoms with Crippen molar-refractivity contribution in [1.82, 2.24) is 29.5 Å². The summed E-state index contributed by atoms with van der Waals surface area (Å²) in [5, 5.41) is 5.46. The van der Waals surface area contributed by atoms with Gasteiger partial charge in [-0.15, -0.1) is 0 Å². The predicted molar refractivity (Wildman–Crippen MR) is 181 cm³/mol. The molecule has 16 heteroatoms. The first-order chi connectivity index (χ1) is 23.5. The fourth-order valence-electron chi connectivity index (χ4n) is 6.59. The van der Waals surface area contributed by atoms with Crippen molar-refractivity contribution in [3.8, 4) is 0 Å². The van der Waals surface area contributed by atoms with Crippen molar-refractivity contribution in [3.63, 3.8) is 0 Å². The molecule has 1 aromatic carbocycles. The lowest BCUT2D eigenvalue weighted by Crippen LogP contribution is -2.58. The number of hydrogen-bond acceptors (Lipinski definition) is 9. The Morgan fingerprint density at radius 2 is 1.72 bits per heavy atom. The van der Waals surface area contributed by atoms with Gasteiger partial charge in [-0.3, -0.25) is 19.3 Å². The molecular formula is C34H48N6O9S. The van der Waals surface area contributed by atoms with Crippen molar-refractivity contribution < 1.29 is 41.9 Å². The third-order valence-electron chi connectivity index (χ3n) is 9.40. The summed E-state index contributed by atoms with van der Waals surface area (Å²) in [6.07, 6.45) is 4.58. The Morgan fingerprint density at radius 1 is 1.04 bits per heavy atom. The lowest BCUT2D eigenvalue weighted by molar-refractivity contribution is -0.141. The number of allylic oxidation sites excluding steroid dienone is 1. The molecule has 274 valence electrons. The van der Waals surface area contributed by atoms with Crippen LogP contribution in [0.1, 0.15) is 76.8 Å². The van der Waals surface area contributed by atoms with E-state index in [2.05, 4.69) is 15.4 Å². The lowest BCUT2D eigenvalue weighted by atomic mass is 10.0. The number of ether oxygens (including phenoxy) is 2. The molecule has 1 saturated heterocycles. The molecule has 5 rings (SSSR count). The molecule has 3 heterocycles. The number of benzene rings is 1. The average molecular weight is 717 g/mol. The Morgan fingerprint density at radius 3 is 2.36 bits per heavy atom. The van der Waals surface area contributed by atoms with Crippen LogP contribution in [0.5, 0.6) is 0 Å². The number of fused-ring (bicyclic) bond motifs is 3. The minimum absolute atomic E-state index is 0.0720. The molecule has 0 radical (unpaired) electrons. The van der Waals surface area contributed by atoms with E-state index in [1.807, 2.05) is 36.4 Å². The topological polar surface area (TPSA) is 184 Å². The lowest BCUT2D eigenvalue weighted by Gasteiger charge is -2.30. The van der Waals surface area contributed by atoms with E-state index in [9.17, 15) is 32.4 Å². The van der Waals surface area contributed by atoms with Crippen LogP contribution in [0.2, 0.25) is 0 Å². The summed E-state index contributed by atoms with van der Waals surface area (Å²) in [6, 6.07) is 5.43. The van der Waals surface area contributed by atoms with Gasteiger partial charge in [0.15, 0.2) is 0 Å². The third-order valence-corrected chi connectivity index (χ3v) is 10.8. The Labute approximate surface area is 293 Å². The Bertz CT molecular complexity index is 1620. The van der Waals surface area contributed by atoms with Crippen LogP contribution >= 0.6 is 0 Å². The first kappa shape index (κ1) is 37.1. The summed E-state index contributed by atoms with van der Waals surface area (Å²) < 4.78 is 39.4. The second-order valence-corrected chi connectivity index (χ2v) is 16.5. The molecule has 0 bridgehead atoms. The Hall–Kier alpha value is -4.18. The van der Waals surface area contributed by atoms with Crippen LogP contribution in [-0.4, -0.2) is 102 Å². The van der Waals surface area contributed by atoms with Crippen LogP contribution in [0, 0.1) is 5.92 Å². The summed E-state index contributed by atoms with van der Waals surface area (Å²) in [5.41, 5.74) is -0.390. The molecule has 1 saturated carbocycles. The highest BCUT2D eigenvalue weighted by Gasteiger charge is 2.62. The van der Waals surface area contributed by atoms with Gasteiger partial charge in [-0.1, -0.05) is 49.3 Å². The normalized spacial score (nSPS) is 27.9. The zero-order chi connectivity index (χ0) is 36.4. The fourth-order valence-corrected chi connectivity index (χ4v) is 7.19. The van der Waals surface area contributed by atoms with Gasteiger partial charge in [-0.2, -0.15) is 12.7 Å². The number of alkyl carbamates (subject to hydrolysis) is 1. The van der Waals surface area contributed by atoms with E-state index in [-0.39, 0.29) is 25.8 Å². The van der Waals surface area contributed by atoms with Crippen molar-refractivity contribution >= 4 is 40.1 Å². The predicted octanol–water partition coefficient (Wildman–Crippen LogP) is 2.32. The van der Waals surface area contributed by atoms with Gasteiger partial charge in [0.2, 0.25) is 11.8 Å². The molecule has 4 aliphatic rings. The van der Waals surface area contributed by atoms with Gasteiger partial charge in [0, 0.05) is 39.5 Å². The maximum Gasteiger partial charge on any atom is 0.410 e. The fraction of sp³-hybridized carbons (Fsp3) is 0.618. The second-order valence-electron chi connectivity index (χ2n) is 14.6. The summed E-state index contributed by atoms with van der Waals surface area (Å²) in [6.45, 7) is 5.71. The highest BCUT2D eigenvalue weighted by molar-refractivity contribution is 7.87. The monoisotopic (exact) mass is 716 g/mol. The maximum atomic E-state index is 14.3. The number of nitrogens with one attached hydrogen (secondary N) is 3. The molecule has 5 amide bonds. The van der Waals surface area contributed by atoms with Gasteiger partial charge in [0.1, 0.15) is 29.3 Å². The van der Waals surface area contributed by atoms with Crippen LogP contribution in [0.4, 0.5) is 9.59 Å². The van der Waals surface area contributed by atoms with E-state index >= 15 is 0 Å². The number of rotatable bonds is 5. The van der Waals surface area contributed by atoms with Gasteiger partial charge >= 0.3 is 22.4 Å². The first-order valence-corrected chi connectivity index (χ1v) is 18.5. The molecule has 1 aromatic rings. The van der Waals surface area contributed by atoms with Crippen molar-refractivity contribution in [2.45, 2.75) is 108 Å². The molecule has 3 aliphatic heterocycles. The first-order valence-electron chi connectivity index (χ1n) is 17.0. The van der Waals surface area contributed by atoms with E-state index in [0.29, 0.717) is 25.9 Å². The van der Waals surface area contributed by atoms with Gasteiger partial charge in [-0.25, -0.2) is 14.3 Å². The highest BCUT2D eigenvalue weighted by atomic mass is 32.2. The Balaban J connectivity index is 1.41. The zero-order valence-electron chi connectivity index (χ0n) is 29.3. The summed E-state index contributed by atoms with van der Waals surface area (Å²) in [4.78, 5) is 70.9. The number of carbonyl (C=O) groups excluding carboxylic acids is 5. The minimum Gasteiger partial charge on any atom is -0.444 e. The molecule has 0 aromatic heterocycles. The molecule has 0 spiro atoms. The maximum absolute atomic E-state index is 14.3. The SMILES string of the molecule is CN(C)S(=O)(=O)NC(=O)[C@@]12C[C@@H]1/C=C\CCCCC[C@H](NC(=O)OC(C)(C)C)C(=O)N1C[C@H](OC(=O)N3Cc4ccccc4C3)C[C@H]1C(=O)N2. The van der Waals surface area contributed by atoms with Gasteiger partial charge in [0.25, 0.3) is 5.91 Å². The largest absolute Gasteiger partial charge is 0.444 e. The van der Waals surface area contributed by atoms with Crippen LogP contribution in [0.15, 0.2) is 36.4 Å². The van der Waals surface area contributed by atoms with Gasteiger partial charge in [0.05, 0.1) is 6.54 Å². The Kier molecular flexibility index (Phi) is 10.8. The second kappa shape index (κ2) is 14.6. The van der Waals surface area contributed by atoms with Crippen LogP contribution < -0.4 is 15.4 Å². The highest BCUT2D eigenvalue weighted by Crippen LogP contribution is 2.45. The van der Waals surface area contributed by atoms with E-state index in [1.165, 1.54) is 19.0 Å². The van der Waals surface area contributed by atoms with E-state index in [1.54, 1.807) is 25.7 Å². The molecule has 1 aliphatic carbocycles. The van der Waals surface area contributed by atoms with E-state index in [0.717, 1.165) is 28.3 Å². The summed E-state index contributed by atoms with van der Waals surface area (Å²) in [7, 11) is -1.62. The number of carbonyl (C=O) groups is 5. The minimum atomic E-state index is -4.17. The molecule has 5 atom stereocenters. The van der Waals surface area contributed by atoms with Gasteiger partial charge in [-0.05, 0) is 57.6 Å². The molecule has 50 heavy (non-hydrogen) atoms. The quantitative estimate of drug-likeness (QED) is 0.385. The molecular weight excluding hydrogens is 668 g/mol. The summed E-state index contributed by atoms with van der Waals surface area (Å²) in [5.74, 6) is -2.64. The molecule has 3 N–H and O–H groups in total. The van der Waals surface area contributed by atoms with Crippen molar-refractivity contribution in [1.29, 1.82) is 0 Å². The zero-order valence-corrected chi connectivity index (χ0v) is 30.1. The van der Waals surface area contributed by atoms with Crippen LogP contribution in [-0.2, 0) is 47.2 Å². The number of nitrogens with zero attached hydrogens (tertiary/aromatic N) is 3. The van der Waals surface area contributed by atoms with E-state index in [4.69, 9.17) is 9.47 Å². The average Bonchev–Trinajstić information content (AvgIpc) is 3.33. The van der Waals surface area contributed by atoms with Crippen LogP contribution in [0.25, 0.3) is 0 Å². The van der Waals surface area contributed by atoms with Crippen molar-refractivity contribution in [3.05, 3.63) is 47.5 Å². The van der Waals surface area contributed by atoms with Crippen molar-refractivity contribution in [2.75, 3.05) is 20.6 Å². The molecule has 15 nitrogen and oxygen atoms in total. The molecule has 0 unspecified atom stereocenters. The smallest absolute Gasteiger partial charge is 0.410 e.